The van der Waals surface area contributed by atoms with Gasteiger partial charge in [0, 0.05) is 13.2 Å². The van der Waals surface area contributed by atoms with Crippen LogP contribution in [0, 0.1) is 0 Å². The molecule has 0 fully saturated rings. The molecule has 0 aliphatic heterocycles. The third-order valence-corrected chi connectivity index (χ3v) is 3.64. The van der Waals surface area contributed by atoms with Crippen molar-refractivity contribution in [1.82, 2.24) is 19.9 Å². The minimum atomic E-state index is 0.354. The fourth-order valence-corrected chi connectivity index (χ4v) is 2.54. The molecule has 5 heteroatoms. The molecule has 104 valence electrons. The molecule has 3 heterocycles. The van der Waals surface area contributed by atoms with Crippen LogP contribution >= 0.6 is 0 Å². The molecule has 0 radical (unpaired) electrons. The average Bonchev–Trinajstić information content (AvgIpc) is 3.01. The topological polar surface area (TPSA) is 50.4 Å². The highest BCUT2D eigenvalue weighted by molar-refractivity contribution is 5.78. The van der Waals surface area contributed by atoms with Crippen LogP contribution in [0.2, 0.25) is 0 Å². The summed E-state index contributed by atoms with van der Waals surface area (Å²) in [5.74, 6) is 0. The predicted molar refractivity (Wildman–Crippen MR) is 78.3 cm³/mol. The van der Waals surface area contributed by atoms with E-state index in [1.165, 1.54) is 11.1 Å². The zero-order chi connectivity index (χ0) is 14.3. The molecular formula is C15H20N5+. The van der Waals surface area contributed by atoms with Crippen molar-refractivity contribution in [2.24, 2.45) is 7.05 Å². The largest absolute Gasteiger partial charge is 0.351 e. The van der Waals surface area contributed by atoms with E-state index < -0.39 is 0 Å². The first kappa shape index (κ1) is 12.8. The molecule has 3 aromatic heterocycles. The number of fused-ring (bicyclic) bond motifs is 1. The third kappa shape index (κ3) is 1.90. The number of aryl methyl sites for hydroxylation is 2. The Bertz CT molecular complexity index is 751. The van der Waals surface area contributed by atoms with Crippen LogP contribution in [0.1, 0.15) is 32.5 Å². The summed E-state index contributed by atoms with van der Waals surface area (Å²) in [5.41, 5.74) is 4.23. The molecule has 0 spiro atoms. The average molecular weight is 270 g/mol. The third-order valence-electron chi connectivity index (χ3n) is 3.64. The lowest BCUT2D eigenvalue weighted by atomic mass is 10.2. The fraction of sp³-hybridized carbons (Fsp3) is 0.400. The lowest BCUT2D eigenvalue weighted by Gasteiger charge is -2.00. The van der Waals surface area contributed by atoms with Gasteiger partial charge in [0.25, 0.3) is 0 Å². The highest BCUT2D eigenvalue weighted by Gasteiger charge is 2.22. The number of hydrogen-bond donors (Lipinski definition) is 1. The Labute approximate surface area is 118 Å². The minimum Gasteiger partial charge on any atom is -0.264 e. The molecule has 0 amide bonds. The normalized spacial score (nSPS) is 11.7. The minimum absolute atomic E-state index is 0.354. The van der Waals surface area contributed by atoms with Gasteiger partial charge in [-0.05, 0) is 43.5 Å². The van der Waals surface area contributed by atoms with E-state index in [1.807, 2.05) is 17.8 Å². The molecule has 0 saturated carbocycles. The summed E-state index contributed by atoms with van der Waals surface area (Å²) in [6.07, 6.45) is 2.77. The van der Waals surface area contributed by atoms with Crippen LogP contribution in [-0.2, 0) is 13.5 Å². The van der Waals surface area contributed by atoms with E-state index in [9.17, 15) is 0 Å². The van der Waals surface area contributed by atoms with Crippen LogP contribution in [0.15, 0.2) is 24.4 Å². The van der Waals surface area contributed by atoms with E-state index in [2.05, 4.69) is 47.8 Å². The van der Waals surface area contributed by atoms with Crippen molar-refractivity contribution in [3.63, 3.8) is 0 Å². The van der Waals surface area contributed by atoms with Crippen LogP contribution < -0.4 is 4.68 Å². The Morgan fingerprint density at radius 1 is 1.30 bits per heavy atom. The molecule has 5 nitrogen and oxygen atoms in total. The smallest absolute Gasteiger partial charge is 0.264 e. The van der Waals surface area contributed by atoms with Gasteiger partial charge in [-0.3, -0.25) is 4.68 Å². The van der Waals surface area contributed by atoms with Crippen LogP contribution in [0.4, 0.5) is 0 Å². The molecule has 0 atom stereocenters. The number of pyridine rings is 1. The second kappa shape index (κ2) is 4.74. The summed E-state index contributed by atoms with van der Waals surface area (Å²) in [5, 5.41) is 8.87. The van der Waals surface area contributed by atoms with Crippen molar-refractivity contribution in [3.8, 4) is 11.4 Å². The summed E-state index contributed by atoms with van der Waals surface area (Å²) in [7, 11) is 1.94. The number of rotatable bonds is 3. The van der Waals surface area contributed by atoms with Crippen molar-refractivity contribution in [2.75, 3.05) is 0 Å². The molecule has 0 saturated heterocycles. The van der Waals surface area contributed by atoms with Crippen LogP contribution in [0.25, 0.3) is 22.4 Å². The van der Waals surface area contributed by atoms with Crippen molar-refractivity contribution in [1.29, 1.82) is 0 Å². The molecule has 0 aliphatic rings. The monoisotopic (exact) mass is 270 g/mol. The van der Waals surface area contributed by atoms with Crippen molar-refractivity contribution >= 4 is 11.0 Å². The van der Waals surface area contributed by atoms with Gasteiger partial charge in [0.15, 0.2) is 0 Å². The van der Waals surface area contributed by atoms with E-state index >= 15 is 0 Å². The molecule has 0 aromatic carbocycles. The summed E-state index contributed by atoms with van der Waals surface area (Å²) < 4.78 is 3.98. The van der Waals surface area contributed by atoms with E-state index in [-0.39, 0.29) is 0 Å². The van der Waals surface area contributed by atoms with Crippen LogP contribution in [0.3, 0.4) is 0 Å². The van der Waals surface area contributed by atoms with Gasteiger partial charge < -0.3 is 0 Å². The first-order valence-corrected chi connectivity index (χ1v) is 7.03. The molecule has 0 unspecified atom stereocenters. The van der Waals surface area contributed by atoms with Crippen molar-refractivity contribution in [2.45, 2.75) is 33.2 Å². The summed E-state index contributed by atoms with van der Waals surface area (Å²) in [4.78, 5) is 4.84. The van der Waals surface area contributed by atoms with Gasteiger partial charge in [-0.15, -0.1) is 0 Å². The second-order valence-corrected chi connectivity index (χ2v) is 5.32. The van der Waals surface area contributed by atoms with E-state index in [4.69, 9.17) is 4.98 Å². The Hall–Kier alpha value is -2.17. The quantitative estimate of drug-likeness (QED) is 0.743. The molecule has 1 N–H and O–H groups in total. The Morgan fingerprint density at radius 3 is 2.70 bits per heavy atom. The number of nitrogens with one attached hydrogen (secondary N) is 1. The van der Waals surface area contributed by atoms with E-state index in [0.717, 1.165) is 23.5 Å². The maximum absolute atomic E-state index is 4.84. The van der Waals surface area contributed by atoms with Crippen LogP contribution in [0.5, 0.6) is 0 Å². The summed E-state index contributed by atoms with van der Waals surface area (Å²) in [6, 6.07) is 6.56. The SMILES string of the molecule is CCc1[nH][n+](C(C)C)c2nc(-c3ccnn3C)ccc12. The maximum Gasteiger partial charge on any atom is 0.351 e. The lowest BCUT2D eigenvalue weighted by molar-refractivity contribution is -0.747. The Kier molecular flexibility index (Phi) is 3.04. The molecule has 3 rings (SSSR count). The van der Waals surface area contributed by atoms with Gasteiger partial charge in [-0.2, -0.15) is 9.78 Å². The Balaban J connectivity index is 2.24. The lowest BCUT2D eigenvalue weighted by Crippen LogP contribution is -2.39. The first-order chi connectivity index (χ1) is 9.61. The van der Waals surface area contributed by atoms with Gasteiger partial charge in [-0.1, -0.05) is 6.92 Å². The molecule has 3 aromatic rings. The predicted octanol–water partition coefficient (Wildman–Crippen LogP) is 2.39. The van der Waals surface area contributed by atoms with Crippen molar-refractivity contribution < 1.29 is 4.68 Å². The zero-order valence-corrected chi connectivity index (χ0v) is 12.4. The molecule has 0 aliphatic carbocycles. The van der Waals surface area contributed by atoms with E-state index in [1.54, 1.807) is 6.20 Å². The van der Waals surface area contributed by atoms with E-state index in [0.29, 0.717) is 6.04 Å². The number of aromatic amines is 1. The fourth-order valence-electron chi connectivity index (χ4n) is 2.54. The second-order valence-electron chi connectivity index (χ2n) is 5.32. The summed E-state index contributed by atoms with van der Waals surface area (Å²) >= 11 is 0. The number of hydrogen-bond acceptors (Lipinski definition) is 2. The first-order valence-electron chi connectivity index (χ1n) is 7.03. The number of aromatic nitrogens is 5. The Morgan fingerprint density at radius 2 is 2.10 bits per heavy atom. The highest BCUT2D eigenvalue weighted by atomic mass is 15.3. The van der Waals surface area contributed by atoms with Gasteiger partial charge in [0.05, 0.1) is 11.1 Å². The molecule has 20 heavy (non-hydrogen) atoms. The standard InChI is InChI=1S/C15H19N5/c1-5-12-11-6-7-13(14-8-9-16-19(14)4)17-15(11)20(18-12)10(2)3/h6-10H,5H2,1-4H3/p+1. The molecular weight excluding hydrogens is 250 g/mol. The van der Waals surface area contributed by atoms with Gasteiger partial charge in [0.2, 0.25) is 5.69 Å². The van der Waals surface area contributed by atoms with Gasteiger partial charge in [-0.25, -0.2) is 5.10 Å². The highest BCUT2D eigenvalue weighted by Crippen LogP contribution is 2.21. The number of nitrogens with zero attached hydrogens (tertiary/aromatic N) is 4. The summed E-state index contributed by atoms with van der Waals surface area (Å²) in [6.45, 7) is 6.48. The maximum atomic E-state index is 4.84. The van der Waals surface area contributed by atoms with Gasteiger partial charge in [0.1, 0.15) is 11.7 Å². The van der Waals surface area contributed by atoms with Gasteiger partial charge >= 0.3 is 5.65 Å². The van der Waals surface area contributed by atoms with Crippen LogP contribution in [-0.4, -0.2) is 19.9 Å². The van der Waals surface area contributed by atoms with Crippen molar-refractivity contribution in [3.05, 3.63) is 30.1 Å². The molecule has 0 bridgehead atoms. The zero-order valence-electron chi connectivity index (χ0n) is 12.4. The number of H-pyrrole nitrogens is 1.